The highest BCUT2D eigenvalue weighted by molar-refractivity contribution is 5.93. The summed E-state index contributed by atoms with van der Waals surface area (Å²) in [4.78, 5) is 24.0. The molecule has 4 aromatic rings. The summed E-state index contributed by atoms with van der Waals surface area (Å²) in [6, 6.07) is 10.9. The number of rotatable bonds is 5. The first-order valence-corrected chi connectivity index (χ1v) is 9.64. The molecule has 4 N–H and O–H groups in total. The Morgan fingerprint density at radius 1 is 1.20 bits per heavy atom. The molecule has 9 nitrogen and oxygen atoms in total. The highest BCUT2D eigenvalue weighted by Crippen LogP contribution is 2.32. The van der Waals surface area contributed by atoms with Gasteiger partial charge in [0.25, 0.3) is 5.91 Å². The van der Waals surface area contributed by atoms with Gasteiger partial charge >= 0.3 is 0 Å². The largest absolute Gasteiger partial charge is 0.491 e. The van der Waals surface area contributed by atoms with Gasteiger partial charge in [0.05, 0.1) is 17.0 Å². The van der Waals surface area contributed by atoms with E-state index in [1.165, 1.54) is 6.33 Å². The summed E-state index contributed by atoms with van der Waals surface area (Å²) in [5, 5.41) is 1.73. The molecule has 2 atom stereocenters. The van der Waals surface area contributed by atoms with Gasteiger partial charge in [0, 0.05) is 17.6 Å². The number of amides is 1. The molecule has 0 saturated carbocycles. The van der Waals surface area contributed by atoms with Gasteiger partial charge in [-0.3, -0.25) is 4.79 Å². The minimum Gasteiger partial charge on any atom is -0.491 e. The fraction of sp³-hybridized carbons (Fsp3) is 0.238. The van der Waals surface area contributed by atoms with Gasteiger partial charge in [0.2, 0.25) is 0 Å². The molecule has 0 radical (unpaired) electrons. The number of benzene rings is 1. The molecule has 2 unspecified atom stereocenters. The third-order valence-corrected chi connectivity index (χ3v) is 5.29. The van der Waals surface area contributed by atoms with Crippen molar-refractivity contribution in [3.63, 3.8) is 0 Å². The van der Waals surface area contributed by atoms with Crippen LogP contribution in [0.2, 0.25) is 0 Å². The Morgan fingerprint density at radius 3 is 2.93 bits per heavy atom. The summed E-state index contributed by atoms with van der Waals surface area (Å²) in [5.74, 6) is 0.565. The first kappa shape index (κ1) is 18.3. The van der Waals surface area contributed by atoms with Crippen LogP contribution in [0.5, 0.6) is 5.75 Å². The van der Waals surface area contributed by atoms with E-state index in [-0.39, 0.29) is 18.0 Å². The summed E-state index contributed by atoms with van der Waals surface area (Å²) < 4.78 is 14.1. The Balaban J connectivity index is 1.27. The zero-order valence-corrected chi connectivity index (χ0v) is 16.1. The molecule has 0 spiro atoms. The molecule has 1 fully saturated rings. The zero-order chi connectivity index (χ0) is 20.7. The van der Waals surface area contributed by atoms with Gasteiger partial charge in [-0.15, -0.1) is 0 Å². The quantitative estimate of drug-likeness (QED) is 0.522. The van der Waals surface area contributed by atoms with Crippen molar-refractivity contribution in [2.75, 3.05) is 12.3 Å². The van der Waals surface area contributed by atoms with E-state index in [1.807, 2.05) is 35.0 Å². The lowest BCUT2D eigenvalue weighted by molar-refractivity contribution is -0.0156. The highest BCUT2D eigenvalue weighted by atomic mass is 16.6. The second-order valence-electron chi connectivity index (χ2n) is 7.24. The van der Waals surface area contributed by atoms with Crippen LogP contribution in [0.4, 0.5) is 5.82 Å². The molecule has 0 bridgehead atoms. The van der Waals surface area contributed by atoms with Crippen molar-refractivity contribution in [2.24, 2.45) is 5.73 Å². The van der Waals surface area contributed by atoms with Gasteiger partial charge in [-0.05, 0) is 37.1 Å². The average Bonchev–Trinajstić information content (AvgIpc) is 3.39. The van der Waals surface area contributed by atoms with E-state index in [1.54, 1.807) is 12.1 Å². The predicted molar refractivity (Wildman–Crippen MR) is 111 cm³/mol. The number of carbonyl (C=O) groups excluding carboxylic acids is 1. The first-order chi connectivity index (χ1) is 14.6. The molecular weight excluding hydrogens is 384 g/mol. The van der Waals surface area contributed by atoms with E-state index >= 15 is 0 Å². The van der Waals surface area contributed by atoms with Crippen LogP contribution >= 0.6 is 0 Å². The van der Waals surface area contributed by atoms with Crippen LogP contribution in [0.1, 0.15) is 29.6 Å². The summed E-state index contributed by atoms with van der Waals surface area (Å²) in [6.07, 6.45) is 4.93. The lowest BCUT2D eigenvalue weighted by Crippen LogP contribution is -2.18. The van der Waals surface area contributed by atoms with Crippen LogP contribution in [0, 0.1) is 0 Å². The first-order valence-electron chi connectivity index (χ1n) is 9.64. The number of aromatic nitrogens is 4. The van der Waals surface area contributed by atoms with Gasteiger partial charge in [0.15, 0.2) is 0 Å². The molecule has 1 aromatic carbocycles. The van der Waals surface area contributed by atoms with Crippen molar-refractivity contribution < 1.29 is 14.3 Å². The van der Waals surface area contributed by atoms with Crippen molar-refractivity contribution in [3.8, 4) is 5.75 Å². The smallest absolute Gasteiger partial charge is 0.267 e. The number of nitrogens with two attached hydrogens (primary N) is 2. The number of nitrogens with zero attached hydrogens (tertiary/aromatic N) is 4. The predicted octanol–water partition coefficient (Wildman–Crippen LogP) is 2.42. The normalized spacial score (nSPS) is 18.8. The number of ether oxygens (including phenoxy) is 2. The van der Waals surface area contributed by atoms with Crippen LogP contribution < -0.4 is 16.2 Å². The molecule has 0 aliphatic carbocycles. The Labute approximate surface area is 171 Å². The molecule has 1 aliphatic rings. The summed E-state index contributed by atoms with van der Waals surface area (Å²) in [7, 11) is 0. The maximum atomic E-state index is 11.4. The van der Waals surface area contributed by atoms with E-state index in [4.69, 9.17) is 20.9 Å². The zero-order valence-electron chi connectivity index (χ0n) is 16.1. The lowest BCUT2D eigenvalue weighted by Gasteiger charge is -2.16. The second kappa shape index (κ2) is 7.27. The van der Waals surface area contributed by atoms with E-state index in [9.17, 15) is 4.79 Å². The molecule has 4 heterocycles. The van der Waals surface area contributed by atoms with Crippen LogP contribution in [-0.2, 0) is 4.74 Å². The van der Waals surface area contributed by atoms with Crippen molar-refractivity contribution in [1.29, 1.82) is 0 Å². The molecule has 152 valence electrons. The molecule has 9 heteroatoms. The summed E-state index contributed by atoms with van der Waals surface area (Å²) in [5.41, 5.74) is 12.9. The van der Waals surface area contributed by atoms with Crippen molar-refractivity contribution >= 4 is 33.7 Å². The Kier molecular flexibility index (Phi) is 4.44. The van der Waals surface area contributed by atoms with Gasteiger partial charge in [-0.1, -0.05) is 6.07 Å². The van der Waals surface area contributed by atoms with Gasteiger partial charge in [0.1, 0.15) is 42.1 Å². The van der Waals surface area contributed by atoms with E-state index in [0.29, 0.717) is 23.7 Å². The Bertz CT molecular complexity index is 1250. The Morgan fingerprint density at radius 2 is 2.07 bits per heavy atom. The molecule has 1 aliphatic heterocycles. The van der Waals surface area contributed by atoms with Crippen molar-refractivity contribution in [2.45, 2.75) is 25.2 Å². The lowest BCUT2D eigenvalue weighted by atomic mass is 10.2. The van der Waals surface area contributed by atoms with Gasteiger partial charge in [-0.2, -0.15) is 0 Å². The number of anilines is 1. The van der Waals surface area contributed by atoms with E-state index < -0.39 is 5.91 Å². The topological polar surface area (TPSA) is 131 Å². The molecule has 30 heavy (non-hydrogen) atoms. The number of hydrogen-bond acceptors (Lipinski definition) is 7. The Hall–Kier alpha value is -3.72. The standard InChI is InChI=1S/C21H20N6O3/c22-19-15-7-8-27(21(15)25-11-24-19)18-6-4-14(30-18)10-29-13-3-1-12-2-5-16(20(23)28)26-17(12)9-13/h1-3,5,7-9,11,14,18H,4,6,10H2,(H2,23,28)(H2,22,24,25). The highest BCUT2D eigenvalue weighted by Gasteiger charge is 2.28. The molecule has 1 saturated heterocycles. The van der Waals surface area contributed by atoms with Crippen LogP contribution in [0.15, 0.2) is 48.9 Å². The molecular formula is C21H20N6O3. The number of hydrogen-bond donors (Lipinski definition) is 2. The molecule has 1 amide bonds. The summed E-state index contributed by atoms with van der Waals surface area (Å²) in [6.45, 7) is 0.411. The van der Waals surface area contributed by atoms with Crippen molar-refractivity contribution in [1.82, 2.24) is 19.5 Å². The maximum absolute atomic E-state index is 11.4. The SMILES string of the molecule is NC(=O)c1ccc2ccc(OCC3CCC(n4ccc5c(N)ncnc54)O3)cc2n1. The minimum absolute atomic E-state index is 0.0488. The van der Waals surface area contributed by atoms with Crippen molar-refractivity contribution in [3.05, 3.63) is 54.6 Å². The minimum atomic E-state index is -0.557. The van der Waals surface area contributed by atoms with E-state index in [2.05, 4.69) is 15.0 Å². The van der Waals surface area contributed by atoms with Gasteiger partial charge in [-0.25, -0.2) is 15.0 Å². The van der Waals surface area contributed by atoms with Crippen LogP contribution in [0.3, 0.4) is 0 Å². The number of pyridine rings is 1. The third-order valence-electron chi connectivity index (χ3n) is 5.29. The second-order valence-corrected chi connectivity index (χ2v) is 7.24. The van der Waals surface area contributed by atoms with E-state index in [0.717, 1.165) is 29.3 Å². The third kappa shape index (κ3) is 3.29. The van der Waals surface area contributed by atoms with Crippen LogP contribution in [-0.4, -0.2) is 38.1 Å². The van der Waals surface area contributed by atoms with Gasteiger partial charge < -0.3 is 25.5 Å². The molecule has 5 rings (SSSR count). The molecule has 3 aromatic heterocycles. The maximum Gasteiger partial charge on any atom is 0.267 e. The monoisotopic (exact) mass is 404 g/mol. The number of fused-ring (bicyclic) bond motifs is 2. The van der Waals surface area contributed by atoms with Crippen LogP contribution in [0.25, 0.3) is 21.9 Å². The average molecular weight is 404 g/mol. The fourth-order valence-corrected chi connectivity index (χ4v) is 3.75. The number of carbonyl (C=O) groups is 1. The number of primary amides is 1. The fourth-order valence-electron chi connectivity index (χ4n) is 3.75. The number of nitrogen functional groups attached to an aromatic ring is 1. The summed E-state index contributed by atoms with van der Waals surface area (Å²) >= 11 is 0.